The predicted molar refractivity (Wildman–Crippen MR) is 33.4 cm³/mol. The molecule has 0 aliphatic heterocycles. The van der Waals surface area contributed by atoms with Crippen LogP contribution in [0.1, 0.15) is 25.7 Å². The van der Waals surface area contributed by atoms with Gasteiger partial charge < -0.3 is 10.5 Å². The number of carbonyl (C=O) groups excluding carboxylic acids is 2. The minimum atomic E-state index is -0.305. The standard InChI is InChI=1S/C6H10NO2.Cu/c7-6(9)4-2-1-3-5-8;/h1-4H2,(H2,7,9);/q-1;+1. The SMILES string of the molecule is NC(=O)CCCC[C-]=O.[Cu+]. The summed E-state index contributed by atoms with van der Waals surface area (Å²) in [5.41, 5.74) is 4.84. The first-order valence-electron chi connectivity index (χ1n) is 2.90. The number of hydrogen-bond acceptors (Lipinski definition) is 2. The van der Waals surface area contributed by atoms with E-state index in [2.05, 4.69) is 0 Å². The molecule has 0 unspecified atom stereocenters. The van der Waals surface area contributed by atoms with Crippen LogP contribution in [-0.4, -0.2) is 12.2 Å². The van der Waals surface area contributed by atoms with Crippen molar-refractivity contribution in [2.45, 2.75) is 25.7 Å². The van der Waals surface area contributed by atoms with Gasteiger partial charge in [-0.2, -0.15) is 6.42 Å². The van der Waals surface area contributed by atoms with E-state index >= 15 is 0 Å². The van der Waals surface area contributed by atoms with Gasteiger partial charge in [-0.05, 0) is 6.42 Å². The molecule has 0 aliphatic rings. The Balaban J connectivity index is 0. The molecule has 4 heteroatoms. The van der Waals surface area contributed by atoms with Crippen LogP contribution in [0.3, 0.4) is 0 Å². The Bertz CT molecular complexity index is 106. The Morgan fingerprint density at radius 2 is 2.00 bits per heavy atom. The number of carbonyl (C=O) groups is 1. The van der Waals surface area contributed by atoms with E-state index in [1.54, 1.807) is 6.29 Å². The molecule has 0 aromatic rings. The molecule has 0 atom stereocenters. The van der Waals surface area contributed by atoms with Crippen molar-refractivity contribution in [1.29, 1.82) is 0 Å². The monoisotopic (exact) mass is 191 g/mol. The van der Waals surface area contributed by atoms with Crippen LogP contribution in [0.5, 0.6) is 0 Å². The van der Waals surface area contributed by atoms with E-state index in [1.807, 2.05) is 0 Å². The fourth-order valence-corrected chi connectivity index (χ4v) is 0.496. The fraction of sp³-hybridized carbons (Fsp3) is 0.667. The van der Waals surface area contributed by atoms with E-state index in [-0.39, 0.29) is 23.0 Å². The molecule has 0 heterocycles. The van der Waals surface area contributed by atoms with E-state index in [4.69, 9.17) is 5.73 Å². The van der Waals surface area contributed by atoms with Crippen LogP contribution in [-0.2, 0) is 26.7 Å². The van der Waals surface area contributed by atoms with Crippen LogP contribution in [0, 0.1) is 0 Å². The summed E-state index contributed by atoms with van der Waals surface area (Å²) in [6.45, 7) is 0. The molecule has 0 radical (unpaired) electrons. The van der Waals surface area contributed by atoms with Crippen molar-refractivity contribution < 1.29 is 26.7 Å². The number of rotatable bonds is 5. The van der Waals surface area contributed by atoms with Crippen LogP contribution in [0.25, 0.3) is 0 Å². The molecule has 0 aliphatic carbocycles. The van der Waals surface area contributed by atoms with Crippen LogP contribution >= 0.6 is 0 Å². The van der Waals surface area contributed by atoms with Crippen LogP contribution in [0.2, 0.25) is 0 Å². The number of amides is 1. The van der Waals surface area contributed by atoms with Crippen LogP contribution in [0.15, 0.2) is 0 Å². The Labute approximate surface area is 70.8 Å². The van der Waals surface area contributed by atoms with Crippen molar-refractivity contribution in [2.24, 2.45) is 5.73 Å². The molecule has 1 amide bonds. The smallest absolute Gasteiger partial charge is 0.542 e. The number of primary amides is 1. The van der Waals surface area contributed by atoms with Gasteiger partial charge >= 0.3 is 17.1 Å². The van der Waals surface area contributed by atoms with Gasteiger partial charge in [-0.3, -0.25) is 11.1 Å². The van der Waals surface area contributed by atoms with Gasteiger partial charge in [0.2, 0.25) is 5.91 Å². The molecule has 0 aromatic carbocycles. The van der Waals surface area contributed by atoms with Gasteiger partial charge in [-0.15, -0.1) is 0 Å². The average Bonchev–Trinajstić information content (AvgIpc) is 1.80. The molecule has 2 N–H and O–H groups in total. The van der Waals surface area contributed by atoms with Gasteiger partial charge in [0.1, 0.15) is 0 Å². The number of unbranched alkanes of at least 4 members (excludes halogenated alkanes) is 2. The predicted octanol–water partition coefficient (Wildman–Crippen LogP) is 0.139. The summed E-state index contributed by atoms with van der Waals surface area (Å²) in [5.74, 6) is -0.305. The van der Waals surface area contributed by atoms with Gasteiger partial charge in [-0.1, -0.05) is 6.42 Å². The Morgan fingerprint density at radius 3 is 2.40 bits per heavy atom. The average molecular weight is 192 g/mol. The largest absolute Gasteiger partial charge is 1.00 e. The molecular formula is C6H10CuNO2. The van der Waals surface area contributed by atoms with Crippen molar-refractivity contribution in [3.05, 3.63) is 0 Å². The molecule has 0 rings (SSSR count). The van der Waals surface area contributed by atoms with Gasteiger partial charge in [0.05, 0.1) is 0 Å². The van der Waals surface area contributed by atoms with E-state index in [9.17, 15) is 9.59 Å². The molecule has 0 fully saturated rings. The third kappa shape index (κ3) is 10.6. The van der Waals surface area contributed by atoms with Gasteiger partial charge in [0.15, 0.2) is 0 Å². The minimum Gasteiger partial charge on any atom is -0.542 e. The summed E-state index contributed by atoms with van der Waals surface area (Å²) in [5, 5.41) is 0. The zero-order valence-electron chi connectivity index (χ0n) is 5.52. The van der Waals surface area contributed by atoms with Crippen molar-refractivity contribution in [3.63, 3.8) is 0 Å². The quantitative estimate of drug-likeness (QED) is 0.382. The van der Waals surface area contributed by atoms with Gasteiger partial charge in [0.25, 0.3) is 0 Å². The molecule has 0 bridgehead atoms. The molecule has 3 nitrogen and oxygen atoms in total. The molecular weight excluding hydrogens is 182 g/mol. The maximum atomic E-state index is 10.1. The van der Waals surface area contributed by atoms with Crippen LogP contribution in [0.4, 0.5) is 0 Å². The fourth-order valence-electron chi connectivity index (χ4n) is 0.496. The number of nitrogens with two attached hydrogens (primary N) is 1. The molecule has 0 saturated heterocycles. The van der Waals surface area contributed by atoms with E-state index in [0.29, 0.717) is 25.7 Å². The first-order valence-corrected chi connectivity index (χ1v) is 2.90. The Kier molecular flexibility index (Phi) is 10.7. The van der Waals surface area contributed by atoms with Crippen LogP contribution < -0.4 is 5.73 Å². The van der Waals surface area contributed by atoms with Gasteiger partial charge in [-0.25, -0.2) is 0 Å². The second kappa shape index (κ2) is 8.66. The summed E-state index contributed by atoms with van der Waals surface area (Å²) in [4.78, 5) is 19.7. The van der Waals surface area contributed by atoms with E-state index in [0.717, 1.165) is 0 Å². The maximum absolute atomic E-state index is 10.1. The van der Waals surface area contributed by atoms with E-state index < -0.39 is 0 Å². The number of hydrogen-bond donors (Lipinski definition) is 1. The summed E-state index contributed by atoms with van der Waals surface area (Å²) in [6.07, 6.45) is 3.94. The second-order valence-corrected chi connectivity index (χ2v) is 1.82. The van der Waals surface area contributed by atoms with Gasteiger partial charge in [0, 0.05) is 6.42 Å². The molecule has 10 heavy (non-hydrogen) atoms. The van der Waals surface area contributed by atoms with Crippen molar-refractivity contribution >= 4 is 12.2 Å². The van der Waals surface area contributed by atoms with Crippen molar-refractivity contribution in [1.82, 2.24) is 0 Å². The first kappa shape index (κ1) is 12.3. The Morgan fingerprint density at radius 1 is 1.40 bits per heavy atom. The van der Waals surface area contributed by atoms with Crippen molar-refractivity contribution in [2.75, 3.05) is 0 Å². The van der Waals surface area contributed by atoms with Crippen molar-refractivity contribution in [3.8, 4) is 0 Å². The summed E-state index contributed by atoms with van der Waals surface area (Å²) >= 11 is 0. The zero-order valence-corrected chi connectivity index (χ0v) is 6.47. The third-order valence-corrected chi connectivity index (χ3v) is 0.952. The summed E-state index contributed by atoms with van der Waals surface area (Å²) < 4.78 is 0. The molecule has 62 valence electrons. The topological polar surface area (TPSA) is 60.2 Å². The van der Waals surface area contributed by atoms with E-state index in [1.165, 1.54) is 0 Å². The maximum Gasteiger partial charge on any atom is 1.00 e. The molecule has 0 aromatic heterocycles. The first-order chi connectivity index (χ1) is 4.27. The zero-order chi connectivity index (χ0) is 7.11. The normalized spacial score (nSPS) is 8.00. The third-order valence-electron chi connectivity index (χ3n) is 0.952. The summed E-state index contributed by atoms with van der Waals surface area (Å²) in [6, 6.07) is 0. The minimum absolute atomic E-state index is 0. The second-order valence-electron chi connectivity index (χ2n) is 1.82. The molecule has 0 spiro atoms. The molecule has 0 saturated carbocycles. The Hall–Kier alpha value is -0.341. The summed E-state index contributed by atoms with van der Waals surface area (Å²) in [7, 11) is 0.